The van der Waals surface area contributed by atoms with Gasteiger partial charge in [-0.2, -0.15) is 10.5 Å². The normalized spacial score (nSPS) is 12.7. The third-order valence-electron chi connectivity index (χ3n) is 3.14. The Morgan fingerprint density at radius 3 is 2.60 bits per heavy atom. The van der Waals surface area contributed by atoms with Crippen molar-refractivity contribution in [2.75, 3.05) is 18.6 Å². The molecule has 0 fully saturated rings. The van der Waals surface area contributed by atoms with E-state index >= 15 is 0 Å². The first-order valence-corrected chi connectivity index (χ1v) is 6.22. The van der Waals surface area contributed by atoms with Crippen LogP contribution in [0.15, 0.2) is 23.8 Å². The maximum absolute atomic E-state index is 12.4. The summed E-state index contributed by atoms with van der Waals surface area (Å²) in [7, 11) is 1.53. The van der Waals surface area contributed by atoms with Gasteiger partial charge in [0.1, 0.15) is 23.5 Å². The molecule has 100 valence electrons. The van der Waals surface area contributed by atoms with Gasteiger partial charge in [0.15, 0.2) is 0 Å². The Morgan fingerprint density at radius 2 is 2.05 bits per heavy atom. The first kappa shape index (κ1) is 13.6. The fourth-order valence-electron chi connectivity index (χ4n) is 2.26. The van der Waals surface area contributed by atoms with E-state index in [9.17, 15) is 4.79 Å². The molecule has 1 aromatic rings. The lowest BCUT2D eigenvalue weighted by molar-refractivity contribution is -0.113. The lowest BCUT2D eigenvalue weighted by atomic mass is 10.0. The molecule has 0 saturated carbocycles. The zero-order valence-electron chi connectivity index (χ0n) is 11.3. The number of fused-ring (bicyclic) bond motifs is 1. The predicted molar refractivity (Wildman–Crippen MR) is 73.8 cm³/mol. The van der Waals surface area contributed by atoms with E-state index in [4.69, 9.17) is 15.3 Å². The van der Waals surface area contributed by atoms with E-state index in [1.54, 1.807) is 35.2 Å². The van der Waals surface area contributed by atoms with Crippen LogP contribution in [0.25, 0.3) is 5.57 Å². The van der Waals surface area contributed by atoms with Crippen LogP contribution in [0.1, 0.15) is 18.9 Å². The number of anilines is 1. The molecule has 0 saturated heterocycles. The number of benzene rings is 1. The maximum Gasteiger partial charge on any atom is 0.261 e. The van der Waals surface area contributed by atoms with Crippen molar-refractivity contribution in [3.8, 4) is 17.9 Å². The smallest absolute Gasteiger partial charge is 0.261 e. The second kappa shape index (κ2) is 5.46. The molecular weight excluding hydrogens is 254 g/mol. The minimum Gasteiger partial charge on any atom is -0.497 e. The average molecular weight is 267 g/mol. The van der Waals surface area contributed by atoms with Gasteiger partial charge in [0, 0.05) is 12.1 Å². The second-order valence-corrected chi connectivity index (χ2v) is 4.31. The van der Waals surface area contributed by atoms with Crippen LogP contribution in [0, 0.1) is 22.7 Å². The second-order valence-electron chi connectivity index (χ2n) is 4.31. The van der Waals surface area contributed by atoms with Gasteiger partial charge in [-0.1, -0.05) is 6.92 Å². The number of hydrogen-bond donors (Lipinski definition) is 0. The average Bonchev–Trinajstić information content (AvgIpc) is 2.74. The summed E-state index contributed by atoms with van der Waals surface area (Å²) in [5.74, 6) is 0.288. The van der Waals surface area contributed by atoms with Gasteiger partial charge in [-0.15, -0.1) is 0 Å². The zero-order valence-corrected chi connectivity index (χ0v) is 11.3. The SMILES string of the molecule is CCCN1C(=O)C(=C(C#N)C#N)c2cc(OC)ccc21. The van der Waals surface area contributed by atoms with Crippen LogP contribution >= 0.6 is 0 Å². The molecule has 0 radical (unpaired) electrons. The molecule has 5 nitrogen and oxygen atoms in total. The molecule has 5 heteroatoms. The van der Waals surface area contributed by atoms with Gasteiger partial charge in [-0.3, -0.25) is 4.79 Å². The van der Waals surface area contributed by atoms with E-state index in [2.05, 4.69) is 0 Å². The van der Waals surface area contributed by atoms with Crippen LogP contribution in [0.4, 0.5) is 5.69 Å². The summed E-state index contributed by atoms with van der Waals surface area (Å²) in [5, 5.41) is 18.1. The molecule has 1 heterocycles. The monoisotopic (exact) mass is 267 g/mol. The van der Waals surface area contributed by atoms with Crippen LogP contribution in [-0.4, -0.2) is 19.6 Å². The van der Waals surface area contributed by atoms with Crippen molar-refractivity contribution in [2.45, 2.75) is 13.3 Å². The lowest BCUT2D eigenvalue weighted by Crippen LogP contribution is -2.27. The van der Waals surface area contributed by atoms with E-state index in [1.807, 2.05) is 6.92 Å². The number of methoxy groups -OCH3 is 1. The highest BCUT2D eigenvalue weighted by Gasteiger charge is 2.34. The van der Waals surface area contributed by atoms with E-state index in [1.165, 1.54) is 7.11 Å². The Kier molecular flexibility index (Phi) is 3.72. The largest absolute Gasteiger partial charge is 0.497 e. The van der Waals surface area contributed by atoms with Crippen molar-refractivity contribution in [3.05, 3.63) is 29.3 Å². The summed E-state index contributed by atoms with van der Waals surface area (Å²) >= 11 is 0. The van der Waals surface area contributed by atoms with Crippen LogP contribution in [0.5, 0.6) is 5.75 Å². The Balaban J connectivity index is 2.71. The van der Waals surface area contributed by atoms with Crippen LogP contribution in [0.2, 0.25) is 0 Å². The van der Waals surface area contributed by atoms with Gasteiger partial charge in [0.05, 0.1) is 18.4 Å². The van der Waals surface area contributed by atoms with Crippen LogP contribution < -0.4 is 9.64 Å². The van der Waals surface area contributed by atoms with Crippen molar-refractivity contribution in [1.82, 2.24) is 0 Å². The van der Waals surface area contributed by atoms with Crippen molar-refractivity contribution in [2.24, 2.45) is 0 Å². The molecule has 1 amide bonds. The summed E-state index contributed by atoms with van der Waals surface area (Å²) in [6, 6.07) is 8.82. The molecule has 0 aromatic heterocycles. The minimum atomic E-state index is -0.298. The zero-order chi connectivity index (χ0) is 14.7. The highest BCUT2D eigenvalue weighted by molar-refractivity contribution is 6.34. The molecule has 0 N–H and O–H groups in total. The van der Waals surface area contributed by atoms with Gasteiger partial charge >= 0.3 is 0 Å². The molecule has 0 bridgehead atoms. The van der Waals surface area contributed by atoms with Crippen molar-refractivity contribution < 1.29 is 9.53 Å². The molecule has 0 unspecified atom stereocenters. The maximum atomic E-state index is 12.4. The summed E-state index contributed by atoms with van der Waals surface area (Å²) in [5.41, 5.74) is 1.30. The molecule has 2 rings (SSSR count). The summed E-state index contributed by atoms with van der Waals surface area (Å²) in [6.45, 7) is 2.51. The number of rotatable bonds is 3. The van der Waals surface area contributed by atoms with Gasteiger partial charge < -0.3 is 9.64 Å². The van der Waals surface area contributed by atoms with Gasteiger partial charge in [-0.05, 0) is 24.6 Å². The predicted octanol–water partition coefficient (Wildman–Crippen LogP) is 2.25. The van der Waals surface area contributed by atoms with E-state index in [0.717, 1.165) is 12.1 Å². The topological polar surface area (TPSA) is 77.1 Å². The number of hydrogen-bond acceptors (Lipinski definition) is 4. The van der Waals surface area contributed by atoms with Gasteiger partial charge in [0.25, 0.3) is 5.91 Å². The van der Waals surface area contributed by atoms with Crippen LogP contribution in [0.3, 0.4) is 0 Å². The quantitative estimate of drug-likeness (QED) is 0.621. The van der Waals surface area contributed by atoms with E-state index < -0.39 is 0 Å². The number of nitriles is 2. The summed E-state index contributed by atoms with van der Waals surface area (Å²) < 4.78 is 5.15. The number of carbonyl (C=O) groups is 1. The van der Waals surface area contributed by atoms with Crippen molar-refractivity contribution in [1.29, 1.82) is 10.5 Å². The molecule has 1 aliphatic heterocycles. The number of ether oxygens (including phenoxy) is 1. The molecule has 0 aliphatic carbocycles. The fourth-order valence-corrected chi connectivity index (χ4v) is 2.26. The molecule has 1 aliphatic rings. The molecule has 1 aromatic carbocycles. The first-order chi connectivity index (χ1) is 9.67. The Bertz CT molecular complexity index is 661. The molecule has 0 spiro atoms. The van der Waals surface area contributed by atoms with Crippen molar-refractivity contribution in [3.63, 3.8) is 0 Å². The Labute approximate surface area is 117 Å². The number of nitrogens with zero attached hydrogens (tertiary/aromatic N) is 3. The summed E-state index contributed by atoms with van der Waals surface area (Å²) in [4.78, 5) is 14.0. The number of allylic oxidation sites excluding steroid dienone is 1. The number of amides is 1. The standard InChI is InChI=1S/C15H13N3O2/c1-3-6-18-13-5-4-11(20-2)7-12(13)14(15(18)19)10(8-16)9-17/h4-5,7H,3,6H2,1-2H3. The minimum absolute atomic E-state index is 0.164. The third-order valence-corrected chi connectivity index (χ3v) is 3.14. The molecule has 20 heavy (non-hydrogen) atoms. The highest BCUT2D eigenvalue weighted by atomic mass is 16.5. The fraction of sp³-hybridized carbons (Fsp3) is 0.267. The number of carbonyl (C=O) groups excluding carboxylic acids is 1. The molecule has 0 atom stereocenters. The highest BCUT2D eigenvalue weighted by Crippen LogP contribution is 2.40. The van der Waals surface area contributed by atoms with Gasteiger partial charge in [-0.25, -0.2) is 0 Å². The van der Waals surface area contributed by atoms with Crippen LogP contribution in [-0.2, 0) is 4.79 Å². The molecular formula is C15H13N3O2. The Hall–Kier alpha value is -2.79. The first-order valence-electron chi connectivity index (χ1n) is 6.22. The Morgan fingerprint density at radius 1 is 1.35 bits per heavy atom. The van der Waals surface area contributed by atoms with E-state index in [-0.39, 0.29) is 17.1 Å². The lowest BCUT2D eigenvalue weighted by Gasteiger charge is -2.15. The van der Waals surface area contributed by atoms with Crippen molar-refractivity contribution >= 4 is 17.2 Å². The van der Waals surface area contributed by atoms with Gasteiger partial charge in [0.2, 0.25) is 0 Å². The summed E-state index contributed by atoms with van der Waals surface area (Å²) in [6.07, 6.45) is 0.791. The third kappa shape index (κ3) is 2.00. The van der Waals surface area contributed by atoms with E-state index in [0.29, 0.717) is 17.9 Å².